The highest BCUT2D eigenvalue weighted by Crippen LogP contribution is 2.46. The minimum Gasteiger partial charge on any atom is -0.505 e. The summed E-state index contributed by atoms with van der Waals surface area (Å²) < 4.78 is 42.1. The summed E-state index contributed by atoms with van der Waals surface area (Å²) in [6.45, 7) is 1.06. The van der Waals surface area contributed by atoms with Crippen LogP contribution >= 0.6 is 10.8 Å². The van der Waals surface area contributed by atoms with Gasteiger partial charge in [0.15, 0.2) is 5.75 Å². The van der Waals surface area contributed by atoms with Crippen molar-refractivity contribution in [2.45, 2.75) is 25.8 Å². The lowest BCUT2D eigenvalue weighted by atomic mass is 10.1. The first-order valence-corrected chi connectivity index (χ1v) is 13.7. The molecule has 0 atom stereocenters. The summed E-state index contributed by atoms with van der Waals surface area (Å²) in [5.74, 6) is -1.36. The minimum absolute atomic E-state index is 0.0471. The first-order valence-electron chi connectivity index (χ1n) is 12.0. The van der Waals surface area contributed by atoms with Gasteiger partial charge in [-0.2, -0.15) is 0 Å². The fourth-order valence-electron chi connectivity index (χ4n) is 4.39. The van der Waals surface area contributed by atoms with Crippen LogP contribution in [0.3, 0.4) is 0 Å². The Morgan fingerprint density at radius 3 is 2.65 bits per heavy atom. The maximum absolute atomic E-state index is 13.5. The summed E-state index contributed by atoms with van der Waals surface area (Å²) in [7, 11) is -1.46. The van der Waals surface area contributed by atoms with Crippen molar-refractivity contribution in [1.29, 1.82) is 0 Å². The second-order valence-corrected chi connectivity index (χ2v) is 11.1. The predicted molar refractivity (Wildman–Crippen MR) is 140 cm³/mol. The number of nitrogens with zero attached hydrogens (tertiary/aromatic N) is 3. The van der Waals surface area contributed by atoms with Crippen molar-refractivity contribution in [1.82, 2.24) is 19.2 Å². The molecule has 0 unspecified atom stereocenters. The Hall–Kier alpha value is -3.03. The summed E-state index contributed by atoms with van der Waals surface area (Å²) in [6, 6.07) is 7.72. The topological polar surface area (TPSA) is 137 Å². The van der Waals surface area contributed by atoms with E-state index in [0.717, 1.165) is 12.0 Å². The number of pyridine rings is 2. The number of carbonyl (C=O) groups excluding carboxylic acids is 1. The number of ether oxygens (including phenoxy) is 1. The van der Waals surface area contributed by atoms with Crippen molar-refractivity contribution < 1.29 is 28.1 Å². The van der Waals surface area contributed by atoms with Crippen LogP contribution in [-0.4, -0.2) is 73.1 Å². The molecule has 0 spiro atoms. The number of aromatic hydroxyl groups is 1. The van der Waals surface area contributed by atoms with E-state index < -0.39 is 33.6 Å². The van der Waals surface area contributed by atoms with Gasteiger partial charge in [0.2, 0.25) is 0 Å². The summed E-state index contributed by atoms with van der Waals surface area (Å²) >= 11 is 0. The smallest absolute Gasteiger partial charge is 0.267 e. The van der Waals surface area contributed by atoms with Gasteiger partial charge >= 0.3 is 0 Å². The molecule has 0 saturated carbocycles. The van der Waals surface area contributed by atoms with Gasteiger partial charge in [0.25, 0.3) is 11.5 Å². The van der Waals surface area contributed by atoms with Crippen LogP contribution < -0.4 is 10.9 Å². The number of carbonyl (C=O) groups is 1. The molecule has 4 rings (SSSR count). The number of hydrogen-bond donors (Lipinski definition) is 4. The van der Waals surface area contributed by atoms with E-state index in [0.29, 0.717) is 30.5 Å². The Labute approximate surface area is 215 Å². The van der Waals surface area contributed by atoms with Crippen LogP contribution in [0.4, 0.5) is 4.39 Å². The largest absolute Gasteiger partial charge is 0.505 e. The molecule has 3 aromatic rings. The van der Waals surface area contributed by atoms with E-state index in [1.807, 2.05) is 0 Å². The molecule has 1 aliphatic rings. The van der Waals surface area contributed by atoms with Crippen molar-refractivity contribution in [2.75, 3.05) is 39.1 Å². The molecular weight excluding hydrogens is 503 g/mol. The number of halogens is 1. The van der Waals surface area contributed by atoms with Crippen molar-refractivity contribution in [3.8, 4) is 5.75 Å². The molecule has 1 aromatic carbocycles. The monoisotopic (exact) mass is 534 g/mol. The van der Waals surface area contributed by atoms with Gasteiger partial charge in [0.05, 0.1) is 17.9 Å². The Morgan fingerprint density at radius 1 is 1.19 bits per heavy atom. The maximum atomic E-state index is 13.5. The first-order chi connectivity index (χ1) is 17.7. The van der Waals surface area contributed by atoms with Crippen LogP contribution in [0, 0.1) is 5.82 Å². The van der Waals surface area contributed by atoms with Crippen molar-refractivity contribution in [3.05, 3.63) is 69.4 Å². The van der Waals surface area contributed by atoms with Crippen LogP contribution in [0.5, 0.6) is 5.75 Å². The van der Waals surface area contributed by atoms with Gasteiger partial charge < -0.3 is 19.7 Å². The van der Waals surface area contributed by atoms with E-state index in [1.165, 1.54) is 30.0 Å². The van der Waals surface area contributed by atoms with Crippen molar-refractivity contribution >= 4 is 27.7 Å². The lowest BCUT2D eigenvalue weighted by Gasteiger charge is -2.46. The Morgan fingerprint density at radius 2 is 1.95 bits per heavy atom. The lowest BCUT2D eigenvalue weighted by Crippen LogP contribution is -2.39. The quantitative estimate of drug-likeness (QED) is 0.308. The standard InChI is InChI=1S/C25H31FN4O6S/c1-36-12-8-27-24(32)21-23(31)22-20(15-18(16-28-22)14-17-4-6-19(26)7-5-17)30(25(21)33)11-10-29-9-2-3-13-37(29,34)35/h4-7,15-16,31,34-35H,2-3,8-14H2,1H3,(H,27,32). The fraction of sp³-hybridized carbons (Fsp3) is 0.400. The summed E-state index contributed by atoms with van der Waals surface area (Å²) in [4.78, 5) is 30.7. The van der Waals surface area contributed by atoms with E-state index in [-0.39, 0.29) is 43.3 Å². The third-order valence-corrected chi connectivity index (χ3v) is 8.37. The van der Waals surface area contributed by atoms with Crippen LogP contribution in [-0.2, 0) is 17.7 Å². The third kappa shape index (κ3) is 6.11. The highest BCUT2D eigenvalue weighted by Gasteiger charge is 2.28. The van der Waals surface area contributed by atoms with E-state index in [2.05, 4.69) is 10.3 Å². The zero-order chi connectivity index (χ0) is 26.6. The number of amides is 1. The number of rotatable bonds is 9. The molecular formula is C25H31FN4O6S. The fourth-order valence-corrected chi connectivity index (χ4v) is 6.04. The molecule has 3 heterocycles. The third-order valence-electron chi connectivity index (χ3n) is 6.34. The number of aromatic nitrogens is 2. The second-order valence-electron chi connectivity index (χ2n) is 8.92. The Balaban J connectivity index is 1.75. The molecule has 4 N–H and O–H groups in total. The van der Waals surface area contributed by atoms with E-state index >= 15 is 0 Å². The zero-order valence-electron chi connectivity index (χ0n) is 20.5. The molecule has 200 valence electrons. The molecule has 1 amide bonds. The molecule has 2 aromatic heterocycles. The summed E-state index contributed by atoms with van der Waals surface area (Å²) in [5.41, 5.74) is 0.777. The van der Waals surface area contributed by atoms with Gasteiger partial charge in [-0.15, -0.1) is 10.8 Å². The highest BCUT2D eigenvalue weighted by molar-refractivity contribution is 8.22. The predicted octanol–water partition coefficient (Wildman–Crippen LogP) is 2.97. The van der Waals surface area contributed by atoms with Crippen LogP contribution in [0.15, 0.2) is 41.3 Å². The van der Waals surface area contributed by atoms with Gasteiger partial charge in [0, 0.05) is 39.5 Å². The normalized spacial score (nSPS) is 16.5. The van der Waals surface area contributed by atoms with Gasteiger partial charge in [-0.3, -0.25) is 23.7 Å². The molecule has 12 heteroatoms. The van der Waals surface area contributed by atoms with Gasteiger partial charge in [-0.05, 0) is 48.6 Å². The average molecular weight is 535 g/mol. The number of hydrogen-bond acceptors (Lipinski definition) is 8. The van der Waals surface area contributed by atoms with E-state index in [1.54, 1.807) is 22.5 Å². The average Bonchev–Trinajstić information content (AvgIpc) is 2.86. The van der Waals surface area contributed by atoms with E-state index in [4.69, 9.17) is 4.74 Å². The molecule has 0 radical (unpaired) electrons. The SMILES string of the molecule is COCCNC(=O)c1c(O)c2ncc(Cc3ccc(F)cc3)cc2n(CCN2CCCCS2(O)O)c1=O. The number of benzene rings is 1. The van der Waals surface area contributed by atoms with Crippen LogP contribution in [0.2, 0.25) is 0 Å². The summed E-state index contributed by atoms with van der Waals surface area (Å²) in [5, 5.41) is 13.5. The van der Waals surface area contributed by atoms with Crippen molar-refractivity contribution in [3.63, 3.8) is 0 Å². The number of methoxy groups -OCH3 is 1. The maximum Gasteiger partial charge on any atom is 0.267 e. The molecule has 0 bridgehead atoms. The molecule has 0 aliphatic carbocycles. The molecule has 37 heavy (non-hydrogen) atoms. The first kappa shape index (κ1) is 27.0. The molecule has 1 fully saturated rings. The number of nitrogens with one attached hydrogen (secondary N) is 1. The summed E-state index contributed by atoms with van der Waals surface area (Å²) in [6.07, 6.45) is 3.46. The lowest BCUT2D eigenvalue weighted by molar-refractivity contribution is 0.0932. The zero-order valence-corrected chi connectivity index (χ0v) is 21.3. The Kier molecular flexibility index (Phi) is 8.45. The van der Waals surface area contributed by atoms with Gasteiger partial charge in [0.1, 0.15) is 16.9 Å². The highest BCUT2D eigenvalue weighted by atomic mass is 32.3. The van der Waals surface area contributed by atoms with Gasteiger partial charge in [-0.25, -0.2) is 8.70 Å². The Bertz CT molecular complexity index is 1330. The van der Waals surface area contributed by atoms with Crippen molar-refractivity contribution in [2.24, 2.45) is 0 Å². The molecule has 10 nitrogen and oxygen atoms in total. The van der Waals surface area contributed by atoms with Gasteiger partial charge in [-0.1, -0.05) is 12.1 Å². The molecule has 1 saturated heterocycles. The molecule has 1 aliphatic heterocycles. The van der Waals surface area contributed by atoms with Crippen LogP contribution in [0.1, 0.15) is 34.3 Å². The van der Waals surface area contributed by atoms with E-state index in [9.17, 15) is 28.2 Å². The number of fused-ring (bicyclic) bond motifs is 1. The van der Waals surface area contributed by atoms with Crippen LogP contribution in [0.25, 0.3) is 11.0 Å². The minimum atomic E-state index is -2.93. The second kappa shape index (κ2) is 11.6.